The summed E-state index contributed by atoms with van der Waals surface area (Å²) in [5.74, 6) is -0.686. The number of rotatable bonds is 1. The highest BCUT2D eigenvalue weighted by Gasteiger charge is 2.57. The number of halogens is 5. The second-order valence-electron chi connectivity index (χ2n) is 4.35. The molecule has 1 aromatic heterocycles. The molecule has 0 saturated carbocycles. The van der Waals surface area contributed by atoms with E-state index >= 15 is 0 Å². The second-order valence-corrected chi connectivity index (χ2v) is 5.14. The van der Waals surface area contributed by atoms with E-state index in [9.17, 15) is 23.1 Å². The summed E-state index contributed by atoms with van der Waals surface area (Å²) in [7, 11) is 0. The zero-order valence-electron chi connectivity index (χ0n) is 9.39. The Morgan fingerprint density at radius 1 is 1.47 bits per heavy atom. The Bertz CT molecular complexity index is 498. The van der Waals surface area contributed by atoms with E-state index in [1.807, 2.05) is 0 Å². The SMILES string of the molecule is O=C(c1cc(Cl)c(Cl)[nH]1)N1CCC(O)(C(F)(F)F)C1. The van der Waals surface area contributed by atoms with Crippen molar-refractivity contribution in [3.8, 4) is 0 Å². The Kier molecular flexibility index (Phi) is 3.49. The minimum absolute atomic E-state index is 0.0126. The first kappa shape index (κ1) is 14.5. The van der Waals surface area contributed by atoms with Gasteiger partial charge in [0, 0.05) is 13.0 Å². The third-order valence-corrected chi connectivity index (χ3v) is 3.71. The monoisotopic (exact) mass is 316 g/mol. The van der Waals surface area contributed by atoms with E-state index in [1.54, 1.807) is 0 Å². The number of aliphatic hydroxyl groups is 1. The van der Waals surface area contributed by atoms with Crippen molar-refractivity contribution in [2.45, 2.75) is 18.2 Å². The smallest absolute Gasteiger partial charge is 0.379 e. The van der Waals surface area contributed by atoms with Gasteiger partial charge in [0.25, 0.3) is 5.91 Å². The molecule has 4 nitrogen and oxygen atoms in total. The number of likely N-dealkylation sites (tertiary alicyclic amines) is 1. The number of H-pyrrole nitrogens is 1. The fourth-order valence-electron chi connectivity index (χ4n) is 1.89. The highest BCUT2D eigenvalue weighted by Crippen LogP contribution is 2.38. The number of nitrogens with zero attached hydrogens (tertiary/aromatic N) is 1. The number of carbonyl (C=O) groups excluding carboxylic acids is 1. The van der Waals surface area contributed by atoms with Crippen molar-refractivity contribution in [1.82, 2.24) is 9.88 Å². The Labute approximate surface area is 116 Å². The molecule has 2 N–H and O–H groups in total. The summed E-state index contributed by atoms with van der Waals surface area (Å²) in [5.41, 5.74) is -2.87. The maximum absolute atomic E-state index is 12.6. The molecule has 9 heteroatoms. The van der Waals surface area contributed by atoms with Crippen molar-refractivity contribution >= 4 is 29.1 Å². The van der Waals surface area contributed by atoms with Gasteiger partial charge >= 0.3 is 6.18 Å². The van der Waals surface area contributed by atoms with Crippen LogP contribution in [0.5, 0.6) is 0 Å². The predicted octanol–water partition coefficient (Wildman–Crippen LogP) is 2.46. The molecule has 1 aromatic rings. The fourth-order valence-corrected chi connectivity index (χ4v) is 2.20. The molecule has 1 unspecified atom stereocenters. The number of hydrogen-bond acceptors (Lipinski definition) is 2. The Hall–Kier alpha value is -0.920. The average Bonchev–Trinajstić information content (AvgIpc) is 2.83. The van der Waals surface area contributed by atoms with Gasteiger partial charge in [0.1, 0.15) is 10.8 Å². The first-order valence-electron chi connectivity index (χ1n) is 5.26. The van der Waals surface area contributed by atoms with Gasteiger partial charge in [0.2, 0.25) is 0 Å². The summed E-state index contributed by atoms with van der Waals surface area (Å²) in [5, 5.41) is 9.62. The van der Waals surface area contributed by atoms with Gasteiger partial charge in [-0.3, -0.25) is 4.79 Å². The first-order chi connectivity index (χ1) is 8.64. The Balaban J connectivity index is 2.15. The highest BCUT2D eigenvalue weighted by atomic mass is 35.5. The molecule has 1 aliphatic heterocycles. The molecule has 1 amide bonds. The summed E-state index contributed by atoms with van der Waals surface area (Å²) in [6.07, 6.45) is -5.32. The fraction of sp³-hybridized carbons (Fsp3) is 0.500. The van der Waals surface area contributed by atoms with Crippen LogP contribution in [0.3, 0.4) is 0 Å². The molecule has 0 radical (unpaired) electrons. The van der Waals surface area contributed by atoms with Crippen LogP contribution in [0.15, 0.2) is 6.07 Å². The maximum atomic E-state index is 12.6. The molecule has 0 spiro atoms. The Morgan fingerprint density at radius 3 is 2.53 bits per heavy atom. The van der Waals surface area contributed by atoms with Crippen molar-refractivity contribution in [2.75, 3.05) is 13.1 Å². The predicted molar refractivity (Wildman–Crippen MR) is 62.3 cm³/mol. The molecule has 2 rings (SSSR count). The summed E-state index contributed by atoms with van der Waals surface area (Å²) in [6, 6.07) is 1.23. The summed E-state index contributed by atoms with van der Waals surface area (Å²) in [6.45, 7) is -0.993. The molecule has 1 atom stereocenters. The molecular formula is C10H9Cl2F3N2O2. The van der Waals surface area contributed by atoms with E-state index in [1.165, 1.54) is 6.07 Å². The summed E-state index contributed by atoms with van der Waals surface area (Å²) >= 11 is 11.3. The van der Waals surface area contributed by atoms with Crippen LogP contribution in [0.2, 0.25) is 10.2 Å². The van der Waals surface area contributed by atoms with Crippen LogP contribution in [-0.2, 0) is 0 Å². The number of aromatic nitrogens is 1. The summed E-state index contributed by atoms with van der Waals surface area (Å²) in [4.78, 5) is 15.3. The largest absolute Gasteiger partial charge is 0.419 e. The van der Waals surface area contributed by atoms with Crippen LogP contribution in [0, 0.1) is 0 Å². The standard InChI is InChI=1S/C10H9Cl2F3N2O2/c11-5-3-6(16-7(5)12)8(18)17-2-1-9(19,4-17)10(13,14)15/h3,16,19H,1-2,4H2. The van der Waals surface area contributed by atoms with Crippen molar-refractivity contribution in [3.63, 3.8) is 0 Å². The van der Waals surface area contributed by atoms with Gasteiger partial charge in [-0.2, -0.15) is 13.2 Å². The van der Waals surface area contributed by atoms with Gasteiger partial charge in [-0.25, -0.2) is 0 Å². The zero-order chi connectivity index (χ0) is 14.4. The van der Waals surface area contributed by atoms with Gasteiger partial charge in [0.15, 0.2) is 5.60 Å². The van der Waals surface area contributed by atoms with Crippen molar-refractivity contribution in [3.05, 3.63) is 21.9 Å². The number of nitrogens with one attached hydrogen (secondary N) is 1. The lowest BCUT2D eigenvalue weighted by molar-refractivity contribution is -0.253. The third-order valence-electron chi connectivity index (χ3n) is 3.02. The van der Waals surface area contributed by atoms with Crippen molar-refractivity contribution < 1.29 is 23.1 Å². The van der Waals surface area contributed by atoms with E-state index in [0.717, 1.165) is 4.90 Å². The van der Waals surface area contributed by atoms with Crippen molar-refractivity contribution in [2.24, 2.45) is 0 Å². The van der Waals surface area contributed by atoms with E-state index in [-0.39, 0.29) is 22.4 Å². The van der Waals surface area contributed by atoms with Crippen LogP contribution in [0.1, 0.15) is 16.9 Å². The minimum Gasteiger partial charge on any atom is -0.379 e. The molecule has 0 aliphatic carbocycles. The molecule has 1 aliphatic rings. The number of carbonyl (C=O) groups is 1. The number of β-amino-alcohol motifs (C(OH)–C–C–N with tert-alkyl or cyclic N) is 1. The van der Waals surface area contributed by atoms with Gasteiger partial charge in [-0.15, -0.1) is 0 Å². The van der Waals surface area contributed by atoms with Gasteiger partial charge in [-0.1, -0.05) is 23.2 Å². The molecule has 2 heterocycles. The van der Waals surface area contributed by atoms with E-state index in [2.05, 4.69) is 4.98 Å². The lowest BCUT2D eigenvalue weighted by Gasteiger charge is -2.25. The maximum Gasteiger partial charge on any atom is 0.419 e. The minimum atomic E-state index is -4.77. The molecule has 0 aromatic carbocycles. The van der Waals surface area contributed by atoms with Crippen LogP contribution in [0.4, 0.5) is 13.2 Å². The topological polar surface area (TPSA) is 56.3 Å². The number of hydrogen-bond donors (Lipinski definition) is 2. The van der Waals surface area contributed by atoms with Crippen LogP contribution < -0.4 is 0 Å². The number of amides is 1. The molecule has 1 fully saturated rings. The molecule has 19 heavy (non-hydrogen) atoms. The van der Waals surface area contributed by atoms with Crippen LogP contribution in [-0.4, -0.2) is 45.8 Å². The molecule has 0 bridgehead atoms. The third kappa shape index (κ3) is 2.54. The number of alkyl halides is 3. The highest BCUT2D eigenvalue weighted by molar-refractivity contribution is 6.41. The number of aromatic amines is 1. The van der Waals surface area contributed by atoms with Gasteiger partial charge < -0.3 is 15.0 Å². The van der Waals surface area contributed by atoms with E-state index < -0.39 is 30.7 Å². The van der Waals surface area contributed by atoms with Crippen molar-refractivity contribution in [1.29, 1.82) is 0 Å². The van der Waals surface area contributed by atoms with Crippen LogP contribution in [0.25, 0.3) is 0 Å². The zero-order valence-corrected chi connectivity index (χ0v) is 10.9. The first-order valence-corrected chi connectivity index (χ1v) is 6.02. The Morgan fingerprint density at radius 2 is 2.11 bits per heavy atom. The van der Waals surface area contributed by atoms with E-state index in [4.69, 9.17) is 23.2 Å². The quantitative estimate of drug-likeness (QED) is 0.836. The lowest BCUT2D eigenvalue weighted by Crippen LogP contribution is -2.48. The van der Waals surface area contributed by atoms with Gasteiger partial charge in [-0.05, 0) is 6.07 Å². The van der Waals surface area contributed by atoms with E-state index in [0.29, 0.717) is 0 Å². The second kappa shape index (κ2) is 4.57. The summed E-state index contributed by atoms with van der Waals surface area (Å²) < 4.78 is 37.8. The molecule has 106 valence electrons. The van der Waals surface area contributed by atoms with Crippen LogP contribution >= 0.6 is 23.2 Å². The normalized spacial score (nSPS) is 24.0. The molecular weight excluding hydrogens is 308 g/mol. The average molecular weight is 317 g/mol. The lowest BCUT2D eigenvalue weighted by atomic mass is 10.0. The van der Waals surface area contributed by atoms with Gasteiger partial charge in [0.05, 0.1) is 11.6 Å². The molecule has 1 saturated heterocycles.